The molecule has 0 fully saturated rings. The SMILES string of the molecule is CCCOc1nn(Cc2ccc(-c3ccccc3-c3nnnn3C(c3ccccc3)(c3ccccc3)c3ccccc3)cc2)c(=O)c(Cl)c1Cl. The molecule has 248 valence electrons. The molecule has 0 saturated carbocycles. The Morgan fingerprint density at radius 1 is 0.680 bits per heavy atom. The van der Waals surface area contributed by atoms with E-state index in [4.69, 9.17) is 33.2 Å². The molecular formula is C40H32Cl2N6O2. The second-order valence-corrected chi connectivity index (χ2v) is 12.5. The summed E-state index contributed by atoms with van der Waals surface area (Å²) in [6.45, 7) is 2.56. The monoisotopic (exact) mass is 698 g/mol. The first-order valence-corrected chi connectivity index (χ1v) is 17.0. The van der Waals surface area contributed by atoms with E-state index in [0.717, 1.165) is 45.4 Å². The van der Waals surface area contributed by atoms with E-state index < -0.39 is 11.1 Å². The first-order chi connectivity index (χ1) is 24.5. The summed E-state index contributed by atoms with van der Waals surface area (Å²) in [5.41, 5.74) is 5.27. The summed E-state index contributed by atoms with van der Waals surface area (Å²) in [6.07, 6.45) is 0.760. The van der Waals surface area contributed by atoms with Gasteiger partial charge in [-0.2, -0.15) is 0 Å². The number of hydrogen-bond donors (Lipinski definition) is 0. The number of benzene rings is 5. The molecule has 8 nitrogen and oxygen atoms in total. The van der Waals surface area contributed by atoms with E-state index in [9.17, 15) is 4.79 Å². The Kier molecular flexibility index (Phi) is 9.56. The van der Waals surface area contributed by atoms with E-state index in [0.29, 0.717) is 12.4 Å². The molecule has 0 aliphatic rings. The second kappa shape index (κ2) is 14.5. The van der Waals surface area contributed by atoms with Crippen LogP contribution in [0.15, 0.2) is 144 Å². The van der Waals surface area contributed by atoms with E-state index in [1.165, 1.54) is 4.68 Å². The maximum absolute atomic E-state index is 12.9. The first kappa shape index (κ1) is 33.0. The molecule has 2 heterocycles. The van der Waals surface area contributed by atoms with Crippen molar-refractivity contribution in [3.63, 3.8) is 0 Å². The Hall–Kier alpha value is -5.57. The highest BCUT2D eigenvalue weighted by Crippen LogP contribution is 2.43. The van der Waals surface area contributed by atoms with Crippen LogP contribution >= 0.6 is 23.2 Å². The molecule has 0 saturated heterocycles. The summed E-state index contributed by atoms with van der Waals surface area (Å²) < 4.78 is 8.84. The molecule has 7 rings (SSSR count). The molecule has 0 bridgehead atoms. The van der Waals surface area contributed by atoms with Gasteiger partial charge in [0.05, 0.1) is 13.2 Å². The first-order valence-electron chi connectivity index (χ1n) is 16.3. The summed E-state index contributed by atoms with van der Waals surface area (Å²) in [6, 6.07) is 47.0. The maximum atomic E-state index is 12.9. The predicted molar refractivity (Wildman–Crippen MR) is 197 cm³/mol. The summed E-state index contributed by atoms with van der Waals surface area (Å²) in [5.74, 6) is 0.742. The molecule has 0 radical (unpaired) electrons. The number of nitrogens with zero attached hydrogens (tertiary/aromatic N) is 6. The fourth-order valence-corrected chi connectivity index (χ4v) is 6.63. The van der Waals surface area contributed by atoms with Crippen molar-refractivity contribution >= 4 is 23.2 Å². The normalized spacial score (nSPS) is 11.4. The quantitative estimate of drug-likeness (QED) is 0.126. The number of ether oxygens (including phenoxy) is 1. The molecular weight excluding hydrogens is 667 g/mol. The number of tetrazole rings is 1. The molecule has 7 aromatic rings. The molecule has 0 spiro atoms. The van der Waals surface area contributed by atoms with Gasteiger partial charge in [0.1, 0.15) is 15.6 Å². The molecule has 0 atom stereocenters. The van der Waals surface area contributed by atoms with Crippen LogP contribution in [0.3, 0.4) is 0 Å². The van der Waals surface area contributed by atoms with Gasteiger partial charge in [0.25, 0.3) is 11.4 Å². The Morgan fingerprint density at radius 2 is 1.22 bits per heavy atom. The van der Waals surface area contributed by atoms with E-state index in [1.807, 2.05) is 109 Å². The van der Waals surface area contributed by atoms with Crippen LogP contribution in [0, 0.1) is 0 Å². The van der Waals surface area contributed by atoms with Crippen molar-refractivity contribution in [3.05, 3.63) is 182 Å². The zero-order chi connectivity index (χ0) is 34.5. The average molecular weight is 700 g/mol. The minimum atomic E-state index is -0.889. The van der Waals surface area contributed by atoms with Crippen LogP contribution in [0.1, 0.15) is 35.6 Å². The minimum absolute atomic E-state index is 0.0199. The van der Waals surface area contributed by atoms with E-state index in [-0.39, 0.29) is 22.5 Å². The largest absolute Gasteiger partial charge is 0.476 e. The van der Waals surface area contributed by atoms with E-state index in [1.54, 1.807) is 0 Å². The number of aromatic nitrogens is 6. The van der Waals surface area contributed by atoms with Crippen molar-refractivity contribution in [2.24, 2.45) is 0 Å². The minimum Gasteiger partial charge on any atom is -0.476 e. The van der Waals surface area contributed by atoms with Gasteiger partial charge in [-0.3, -0.25) is 4.79 Å². The Bertz CT molecular complexity index is 2180. The van der Waals surface area contributed by atoms with Crippen LogP contribution in [0.5, 0.6) is 5.88 Å². The lowest BCUT2D eigenvalue weighted by Gasteiger charge is -2.36. The third-order valence-corrected chi connectivity index (χ3v) is 9.38. The summed E-state index contributed by atoms with van der Waals surface area (Å²) >= 11 is 12.5. The van der Waals surface area contributed by atoms with E-state index in [2.05, 4.69) is 57.9 Å². The molecule has 0 aliphatic carbocycles. The highest BCUT2D eigenvalue weighted by atomic mass is 35.5. The molecule has 5 aromatic carbocycles. The van der Waals surface area contributed by atoms with Gasteiger partial charge in [-0.1, -0.05) is 170 Å². The van der Waals surface area contributed by atoms with Crippen LogP contribution < -0.4 is 10.3 Å². The van der Waals surface area contributed by atoms with Crippen molar-refractivity contribution in [2.45, 2.75) is 25.4 Å². The summed E-state index contributed by atoms with van der Waals surface area (Å²) in [7, 11) is 0. The van der Waals surface area contributed by atoms with Gasteiger partial charge >= 0.3 is 0 Å². The van der Waals surface area contributed by atoms with E-state index >= 15 is 0 Å². The zero-order valence-corrected chi connectivity index (χ0v) is 28.7. The van der Waals surface area contributed by atoms with Gasteiger partial charge in [0.15, 0.2) is 5.82 Å². The molecule has 50 heavy (non-hydrogen) atoms. The fourth-order valence-electron chi connectivity index (χ4n) is 6.28. The van der Waals surface area contributed by atoms with Gasteiger partial charge in [0, 0.05) is 5.56 Å². The Morgan fingerprint density at radius 3 is 1.78 bits per heavy atom. The van der Waals surface area contributed by atoms with Gasteiger partial charge in [0.2, 0.25) is 0 Å². The highest BCUT2D eigenvalue weighted by Gasteiger charge is 2.42. The lowest BCUT2D eigenvalue weighted by atomic mass is 9.77. The van der Waals surface area contributed by atoms with Crippen molar-refractivity contribution < 1.29 is 4.74 Å². The summed E-state index contributed by atoms with van der Waals surface area (Å²) in [5, 5.41) is 17.9. The standard InChI is InChI=1S/C40H32Cl2N6O2/c1-2-26-50-38-35(41)36(42)39(49)47(44-38)27-28-22-24-29(25-23-28)33-20-12-13-21-34(33)37-43-45-46-48(37)40(30-14-6-3-7-15-30,31-16-8-4-9-17-31)32-18-10-5-11-19-32/h3-25H,2,26-27H2,1H3. The van der Waals surface area contributed by atoms with Gasteiger partial charge in [-0.25, -0.2) is 9.36 Å². The molecule has 0 unspecified atom stereocenters. The van der Waals surface area contributed by atoms with Crippen LogP contribution in [0.4, 0.5) is 0 Å². The molecule has 0 N–H and O–H groups in total. The third kappa shape index (κ3) is 6.08. The van der Waals surface area contributed by atoms with Crippen LogP contribution in [-0.2, 0) is 12.1 Å². The Labute approximate surface area is 299 Å². The van der Waals surface area contributed by atoms with Crippen molar-refractivity contribution in [1.82, 2.24) is 30.0 Å². The van der Waals surface area contributed by atoms with Gasteiger partial charge in [-0.05, 0) is 50.2 Å². The lowest BCUT2D eigenvalue weighted by molar-refractivity contribution is 0.295. The van der Waals surface area contributed by atoms with Crippen LogP contribution in [-0.4, -0.2) is 36.6 Å². The van der Waals surface area contributed by atoms with Crippen LogP contribution in [0.2, 0.25) is 10.0 Å². The smallest absolute Gasteiger partial charge is 0.287 e. The number of hydrogen-bond acceptors (Lipinski definition) is 6. The second-order valence-electron chi connectivity index (χ2n) is 11.7. The average Bonchev–Trinajstić information content (AvgIpc) is 3.66. The molecule has 10 heteroatoms. The van der Waals surface area contributed by atoms with Gasteiger partial charge < -0.3 is 4.74 Å². The maximum Gasteiger partial charge on any atom is 0.287 e. The van der Waals surface area contributed by atoms with Crippen molar-refractivity contribution in [2.75, 3.05) is 6.61 Å². The predicted octanol–water partition coefficient (Wildman–Crippen LogP) is 8.55. The highest BCUT2D eigenvalue weighted by molar-refractivity contribution is 6.42. The number of halogens is 2. The molecule has 2 aromatic heterocycles. The van der Waals surface area contributed by atoms with Crippen LogP contribution in [0.25, 0.3) is 22.5 Å². The Balaban J connectivity index is 1.32. The fraction of sp³-hybridized carbons (Fsp3) is 0.125. The molecule has 0 amide bonds. The number of rotatable bonds is 11. The van der Waals surface area contributed by atoms with Crippen molar-refractivity contribution in [1.29, 1.82) is 0 Å². The zero-order valence-electron chi connectivity index (χ0n) is 27.2. The molecule has 0 aliphatic heterocycles. The van der Waals surface area contributed by atoms with Gasteiger partial charge in [-0.15, -0.1) is 10.2 Å². The van der Waals surface area contributed by atoms with Crippen molar-refractivity contribution in [3.8, 4) is 28.4 Å². The third-order valence-electron chi connectivity index (χ3n) is 8.58. The topological polar surface area (TPSA) is 87.7 Å². The summed E-state index contributed by atoms with van der Waals surface area (Å²) in [4.78, 5) is 12.9. The lowest BCUT2D eigenvalue weighted by Crippen LogP contribution is -2.39.